The minimum atomic E-state index is 0.399. The van der Waals surface area contributed by atoms with Gasteiger partial charge in [0.15, 0.2) is 0 Å². The van der Waals surface area contributed by atoms with Gasteiger partial charge in [-0.1, -0.05) is 30.3 Å². The molecule has 2 heterocycles. The van der Waals surface area contributed by atoms with E-state index in [2.05, 4.69) is 22.0 Å². The molecule has 0 radical (unpaired) electrons. The molecule has 0 saturated heterocycles. The van der Waals surface area contributed by atoms with Crippen molar-refractivity contribution in [2.24, 2.45) is 5.92 Å². The lowest BCUT2D eigenvalue weighted by molar-refractivity contribution is 0.376. The van der Waals surface area contributed by atoms with Gasteiger partial charge in [-0.25, -0.2) is 4.98 Å². The summed E-state index contributed by atoms with van der Waals surface area (Å²) in [6.45, 7) is 2.18. The predicted octanol–water partition coefficient (Wildman–Crippen LogP) is 4.05. The zero-order valence-electron chi connectivity index (χ0n) is 12.1. The Morgan fingerprint density at radius 1 is 1.14 bits per heavy atom. The van der Waals surface area contributed by atoms with Crippen LogP contribution in [0.2, 0.25) is 0 Å². The Morgan fingerprint density at radius 2 is 1.95 bits per heavy atom. The normalized spacial score (nSPS) is 19.9. The molecule has 3 aromatic rings. The minimum Gasteiger partial charge on any atom is -0.438 e. The van der Waals surface area contributed by atoms with Gasteiger partial charge in [0.05, 0.1) is 5.56 Å². The highest BCUT2D eigenvalue weighted by Crippen LogP contribution is 2.46. The maximum atomic E-state index is 5.84. The van der Waals surface area contributed by atoms with Gasteiger partial charge in [-0.15, -0.1) is 0 Å². The van der Waals surface area contributed by atoms with Gasteiger partial charge in [0.25, 0.3) is 0 Å². The number of benzene rings is 1. The topological polar surface area (TPSA) is 61.0 Å². The summed E-state index contributed by atoms with van der Waals surface area (Å²) < 4.78 is 11.2. The van der Waals surface area contributed by atoms with E-state index in [1.807, 2.05) is 42.5 Å². The standard InChI is InChI=1S/C17H15N3O2/c1-11-10-14(11)17-19-15(20-22-17)13-8-5-9-18-16(13)21-12-6-3-2-4-7-12/h2-9,11,14H,10H2,1H3/t11-,14-/m1/s1. The van der Waals surface area contributed by atoms with E-state index < -0.39 is 0 Å². The molecule has 2 aromatic heterocycles. The summed E-state index contributed by atoms with van der Waals surface area (Å²) in [6, 6.07) is 13.3. The van der Waals surface area contributed by atoms with Crippen LogP contribution in [0.25, 0.3) is 11.4 Å². The van der Waals surface area contributed by atoms with Crippen molar-refractivity contribution < 1.29 is 9.26 Å². The molecule has 1 aromatic carbocycles. The summed E-state index contributed by atoms with van der Waals surface area (Å²) >= 11 is 0. The maximum Gasteiger partial charge on any atom is 0.230 e. The number of nitrogens with zero attached hydrogens (tertiary/aromatic N) is 3. The molecule has 1 saturated carbocycles. The number of pyridine rings is 1. The third-order valence-electron chi connectivity index (χ3n) is 3.84. The summed E-state index contributed by atoms with van der Waals surface area (Å²) in [5.74, 6) is 3.45. The minimum absolute atomic E-state index is 0.399. The molecule has 0 bridgehead atoms. The van der Waals surface area contributed by atoms with Crippen LogP contribution < -0.4 is 4.74 Å². The van der Waals surface area contributed by atoms with Crippen LogP contribution in [0.15, 0.2) is 53.2 Å². The van der Waals surface area contributed by atoms with Gasteiger partial charge in [-0.05, 0) is 36.6 Å². The van der Waals surface area contributed by atoms with E-state index >= 15 is 0 Å². The Hall–Kier alpha value is -2.69. The van der Waals surface area contributed by atoms with Crippen molar-refractivity contribution in [2.45, 2.75) is 19.3 Å². The number of para-hydroxylation sites is 1. The zero-order chi connectivity index (χ0) is 14.9. The van der Waals surface area contributed by atoms with Crippen molar-refractivity contribution in [3.05, 3.63) is 54.6 Å². The number of ether oxygens (including phenoxy) is 1. The van der Waals surface area contributed by atoms with E-state index in [9.17, 15) is 0 Å². The first-order chi connectivity index (χ1) is 10.8. The van der Waals surface area contributed by atoms with E-state index in [1.165, 1.54) is 0 Å². The summed E-state index contributed by atoms with van der Waals surface area (Å²) in [4.78, 5) is 8.79. The van der Waals surface area contributed by atoms with Crippen molar-refractivity contribution >= 4 is 0 Å². The van der Waals surface area contributed by atoms with E-state index in [1.54, 1.807) is 6.20 Å². The molecule has 0 spiro atoms. The predicted molar refractivity (Wildman–Crippen MR) is 80.6 cm³/mol. The molecule has 1 aliphatic carbocycles. The third kappa shape index (κ3) is 2.45. The smallest absolute Gasteiger partial charge is 0.230 e. The molecule has 5 heteroatoms. The lowest BCUT2D eigenvalue weighted by Crippen LogP contribution is -1.92. The molecule has 0 N–H and O–H groups in total. The van der Waals surface area contributed by atoms with Crippen LogP contribution >= 0.6 is 0 Å². The van der Waals surface area contributed by atoms with Crippen LogP contribution in [0.5, 0.6) is 11.6 Å². The highest BCUT2D eigenvalue weighted by molar-refractivity contribution is 5.61. The fourth-order valence-corrected chi connectivity index (χ4v) is 2.40. The fraction of sp³-hybridized carbons (Fsp3) is 0.235. The summed E-state index contributed by atoms with van der Waals surface area (Å²) in [6.07, 6.45) is 2.80. The van der Waals surface area contributed by atoms with Gasteiger partial charge >= 0.3 is 0 Å². The molecule has 0 amide bonds. The monoisotopic (exact) mass is 293 g/mol. The van der Waals surface area contributed by atoms with Gasteiger partial charge in [-0.2, -0.15) is 4.98 Å². The molecular formula is C17H15N3O2. The number of rotatable bonds is 4. The van der Waals surface area contributed by atoms with Crippen molar-refractivity contribution in [1.29, 1.82) is 0 Å². The number of hydrogen-bond donors (Lipinski definition) is 0. The van der Waals surface area contributed by atoms with E-state index in [-0.39, 0.29) is 0 Å². The van der Waals surface area contributed by atoms with Gasteiger partial charge in [0.2, 0.25) is 17.6 Å². The molecule has 110 valence electrons. The zero-order valence-corrected chi connectivity index (χ0v) is 12.1. The molecule has 1 fully saturated rings. The van der Waals surface area contributed by atoms with Crippen molar-refractivity contribution in [1.82, 2.24) is 15.1 Å². The average molecular weight is 293 g/mol. The van der Waals surface area contributed by atoms with Crippen LogP contribution in [-0.2, 0) is 0 Å². The van der Waals surface area contributed by atoms with Crippen LogP contribution in [0.3, 0.4) is 0 Å². The maximum absolute atomic E-state index is 5.84. The molecule has 4 rings (SSSR count). The first kappa shape index (κ1) is 13.0. The molecule has 0 unspecified atom stereocenters. The largest absolute Gasteiger partial charge is 0.438 e. The van der Waals surface area contributed by atoms with E-state index in [0.29, 0.717) is 29.4 Å². The SMILES string of the molecule is C[C@@H]1C[C@H]1c1nc(-c2cccnc2Oc2ccccc2)no1. The second-order valence-electron chi connectivity index (χ2n) is 5.55. The van der Waals surface area contributed by atoms with Gasteiger partial charge < -0.3 is 9.26 Å². The van der Waals surface area contributed by atoms with Crippen LogP contribution in [0.4, 0.5) is 0 Å². The highest BCUT2D eigenvalue weighted by Gasteiger charge is 2.39. The Bertz CT molecular complexity index is 785. The van der Waals surface area contributed by atoms with Crippen molar-refractivity contribution in [3.8, 4) is 23.0 Å². The van der Waals surface area contributed by atoms with E-state index in [4.69, 9.17) is 9.26 Å². The Morgan fingerprint density at radius 3 is 2.73 bits per heavy atom. The van der Waals surface area contributed by atoms with Gasteiger partial charge in [0, 0.05) is 12.1 Å². The van der Waals surface area contributed by atoms with E-state index in [0.717, 1.165) is 17.7 Å². The highest BCUT2D eigenvalue weighted by atomic mass is 16.5. The first-order valence-electron chi connectivity index (χ1n) is 7.33. The van der Waals surface area contributed by atoms with Crippen LogP contribution in [0, 0.1) is 5.92 Å². The Balaban J connectivity index is 1.65. The van der Waals surface area contributed by atoms with Gasteiger partial charge in [0.1, 0.15) is 5.75 Å². The lowest BCUT2D eigenvalue weighted by atomic mass is 10.2. The van der Waals surface area contributed by atoms with Crippen molar-refractivity contribution in [2.75, 3.05) is 0 Å². The Kier molecular flexibility index (Phi) is 3.11. The molecule has 22 heavy (non-hydrogen) atoms. The molecular weight excluding hydrogens is 278 g/mol. The molecule has 2 atom stereocenters. The summed E-state index contributed by atoms with van der Waals surface area (Å²) in [7, 11) is 0. The molecule has 5 nitrogen and oxygen atoms in total. The Labute approximate surface area is 128 Å². The first-order valence-corrected chi connectivity index (χ1v) is 7.33. The summed E-state index contributed by atoms with van der Waals surface area (Å²) in [5, 5.41) is 4.08. The second kappa shape index (κ2) is 5.26. The summed E-state index contributed by atoms with van der Waals surface area (Å²) in [5.41, 5.74) is 0.731. The number of hydrogen-bond acceptors (Lipinski definition) is 5. The molecule has 1 aliphatic rings. The molecule has 0 aliphatic heterocycles. The number of aromatic nitrogens is 3. The lowest BCUT2D eigenvalue weighted by Gasteiger charge is -2.06. The van der Waals surface area contributed by atoms with Crippen LogP contribution in [0.1, 0.15) is 25.2 Å². The quantitative estimate of drug-likeness (QED) is 0.726. The third-order valence-corrected chi connectivity index (χ3v) is 3.84. The second-order valence-corrected chi connectivity index (χ2v) is 5.55. The average Bonchev–Trinajstić information content (AvgIpc) is 3.09. The van der Waals surface area contributed by atoms with Crippen LogP contribution in [-0.4, -0.2) is 15.1 Å². The van der Waals surface area contributed by atoms with Crippen molar-refractivity contribution in [3.63, 3.8) is 0 Å². The fourth-order valence-electron chi connectivity index (χ4n) is 2.40. The van der Waals surface area contributed by atoms with Gasteiger partial charge in [-0.3, -0.25) is 0 Å².